The smallest absolute Gasteiger partial charge is 0.284 e. The molecule has 158 valence electrons. The molecule has 0 radical (unpaired) electrons. The molecule has 9 heteroatoms. The number of ketones is 1. The average Bonchev–Trinajstić information content (AvgIpc) is 3.23. The number of carbonyl (C=O) groups excluding carboxylic acids is 3. The van der Waals surface area contributed by atoms with Crippen molar-refractivity contribution in [3.63, 3.8) is 0 Å². The van der Waals surface area contributed by atoms with Crippen LogP contribution < -0.4 is 16.4 Å². The molecule has 3 heterocycles. The number of carbonyl (C=O) groups is 3. The van der Waals surface area contributed by atoms with E-state index in [2.05, 4.69) is 20.7 Å². The van der Waals surface area contributed by atoms with Gasteiger partial charge in [0.2, 0.25) is 5.78 Å². The number of amides is 2. The van der Waals surface area contributed by atoms with Crippen LogP contribution in [0, 0.1) is 0 Å². The average molecular weight is 418 g/mol. The normalized spacial score (nSPS) is 13.5. The van der Waals surface area contributed by atoms with E-state index in [0.29, 0.717) is 16.9 Å². The van der Waals surface area contributed by atoms with Crippen molar-refractivity contribution in [2.75, 3.05) is 11.9 Å². The van der Waals surface area contributed by atoms with Crippen LogP contribution >= 0.6 is 0 Å². The highest BCUT2D eigenvalue weighted by Gasteiger charge is 2.24. The van der Waals surface area contributed by atoms with Crippen LogP contribution in [0.5, 0.6) is 0 Å². The summed E-state index contributed by atoms with van der Waals surface area (Å²) in [4.78, 5) is 40.8. The number of fused-ring (bicyclic) bond motifs is 1. The molecular weight excluding hydrogens is 396 g/mol. The highest BCUT2D eigenvalue weighted by Crippen LogP contribution is 2.23. The summed E-state index contributed by atoms with van der Waals surface area (Å²) in [5, 5.41) is 10.7. The second-order valence-electron chi connectivity index (χ2n) is 7.27. The van der Waals surface area contributed by atoms with Gasteiger partial charge in [-0.2, -0.15) is 5.10 Å². The van der Waals surface area contributed by atoms with E-state index in [-0.39, 0.29) is 6.42 Å². The van der Waals surface area contributed by atoms with Crippen molar-refractivity contribution in [3.8, 4) is 5.82 Å². The predicted molar refractivity (Wildman–Crippen MR) is 114 cm³/mol. The Morgan fingerprint density at radius 2 is 1.97 bits per heavy atom. The van der Waals surface area contributed by atoms with Gasteiger partial charge in [0.1, 0.15) is 0 Å². The zero-order valence-electron chi connectivity index (χ0n) is 16.7. The molecular formula is C22H22N6O3. The largest absolute Gasteiger partial charge is 0.382 e. The zero-order valence-corrected chi connectivity index (χ0v) is 16.7. The molecule has 9 nitrogen and oxygen atoms in total. The molecule has 0 aliphatic carbocycles. The van der Waals surface area contributed by atoms with Gasteiger partial charge in [-0.05, 0) is 30.5 Å². The Hall–Kier alpha value is -4.01. The number of nitrogens with zero attached hydrogens (tertiary/aromatic N) is 3. The summed E-state index contributed by atoms with van der Waals surface area (Å²) in [5.41, 5.74) is 7.97. The van der Waals surface area contributed by atoms with Gasteiger partial charge in [0, 0.05) is 19.2 Å². The number of benzene rings is 1. The number of pyridine rings is 1. The van der Waals surface area contributed by atoms with Crippen molar-refractivity contribution < 1.29 is 14.4 Å². The second-order valence-corrected chi connectivity index (χ2v) is 7.27. The number of rotatable bonds is 7. The van der Waals surface area contributed by atoms with Crippen LogP contribution in [-0.4, -0.2) is 38.9 Å². The maximum absolute atomic E-state index is 13.2. The van der Waals surface area contributed by atoms with Crippen molar-refractivity contribution in [1.29, 1.82) is 0 Å². The van der Waals surface area contributed by atoms with E-state index in [9.17, 15) is 14.4 Å². The molecule has 0 fully saturated rings. The molecule has 31 heavy (non-hydrogen) atoms. The Bertz CT molecular complexity index is 1100. The third-order valence-corrected chi connectivity index (χ3v) is 5.12. The Kier molecular flexibility index (Phi) is 5.74. The molecule has 2 amide bonds. The summed E-state index contributed by atoms with van der Waals surface area (Å²) in [6.45, 7) is 0.876. The summed E-state index contributed by atoms with van der Waals surface area (Å²) in [5.74, 6) is -1.85. The number of Topliss-reactive ketones (excluding diaryl/α,β-unsaturated/α-hetero) is 1. The van der Waals surface area contributed by atoms with E-state index in [4.69, 9.17) is 5.73 Å². The summed E-state index contributed by atoms with van der Waals surface area (Å²) in [6.07, 6.45) is 5.02. The maximum atomic E-state index is 13.2. The Balaban J connectivity index is 1.63. The first-order chi connectivity index (χ1) is 15.0. The predicted octanol–water partition coefficient (Wildman–Crippen LogP) is 1.54. The van der Waals surface area contributed by atoms with Crippen LogP contribution in [0.2, 0.25) is 0 Å². The van der Waals surface area contributed by atoms with Gasteiger partial charge < -0.3 is 16.4 Å². The van der Waals surface area contributed by atoms with Crippen LogP contribution in [0.1, 0.15) is 40.5 Å². The highest BCUT2D eigenvalue weighted by molar-refractivity contribution is 6.35. The Labute approximate surface area is 178 Å². The molecule has 1 aliphatic rings. The fourth-order valence-corrected chi connectivity index (χ4v) is 3.55. The molecule has 4 rings (SSSR count). The third kappa shape index (κ3) is 4.45. The number of hydrogen-bond acceptors (Lipinski definition) is 6. The lowest BCUT2D eigenvalue weighted by molar-refractivity contribution is -0.136. The number of primary amides is 1. The number of aryl methyl sites for hydroxylation is 1. The van der Waals surface area contributed by atoms with Crippen molar-refractivity contribution in [3.05, 3.63) is 71.7 Å². The molecule has 1 aromatic carbocycles. The van der Waals surface area contributed by atoms with Gasteiger partial charge in [-0.1, -0.05) is 30.3 Å². The first-order valence-electron chi connectivity index (χ1n) is 9.99. The minimum Gasteiger partial charge on any atom is -0.382 e. The molecule has 0 saturated heterocycles. The molecule has 0 bridgehead atoms. The quantitative estimate of drug-likeness (QED) is 0.499. The van der Waals surface area contributed by atoms with E-state index in [0.717, 1.165) is 30.8 Å². The van der Waals surface area contributed by atoms with Crippen LogP contribution in [0.4, 0.5) is 5.69 Å². The molecule has 3 aromatic rings. The number of aromatic nitrogens is 3. The van der Waals surface area contributed by atoms with Gasteiger partial charge in [0.25, 0.3) is 11.8 Å². The number of nitrogens with one attached hydrogen (secondary N) is 2. The van der Waals surface area contributed by atoms with Crippen molar-refractivity contribution >= 4 is 23.3 Å². The topological polar surface area (TPSA) is 132 Å². The van der Waals surface area contributed by atoms with E-state index >= 15 is 0 Å². The summed E-state index contributed by atoms with van der Waals surface area (Å²) in [6, 6.07) is 11.5. The fraction of sp³-hybridized carbons (Fsp3) is 0.227. The summed E-state index contributed by atoms with van der Waals surface area (Å²) < 4.78 is 1.59. The summed E-state index contributed by atoms with van der Waals surface area (Å²) in [7, 11) is 0. The van der Waals surface area contributed by atoms with E-state index in [1.807, 2.05) is 12.3 Å². The lowest BCUT2D eigenvalue weighted by Gasteiger charge is -2.19. The highest BCUT2D eigenvalue weighted by atomic mass is 16.2. The van der Waals surface area contributed by atoms with Crippen molar-refractivity contribution in [1.82, 2.24) is 20.1 Å². The minimum absolute atomic E-state index is 0.235. The monoisotopic (exact) mass is 418 g/mol. The molecule has 0 saturated carbocycles. The van der Waals surface area contributed by atoms with E-state index in [1.165, 1.54) is 0 Å². The van der Waals surface area contributed by atoms with E-state index in [1.54, 1.807) is 47.3 Å². The standard InChI is InChI=1S/C22H22N6O3/c23-20(30)19(29)12-17(14-6-2-1-3-7-14)26-22(31)15-8-4-11-25-21(15)28-13-18-16(27-28)9-5-10-24-18/h1-4,6-8,11,13,17,24H,5,9-10,12H2,(H2,23,30)(H,26,31). The lowest BCUT2D eigenvalue weighted by atomic mass is 10.0. The van der Waals surface area contributed by atoms with Crippen LogP contribution in [0.3, 0.4) is 0 Å². The third-order valence-electron chi connectivity index (χ3n) is 5.12. The Morgan fingerprint density at radius 3 is 2.71 bits per heavy atom. The van der Waals surface area contributed by atoms with Gasteiger partial charge in [-0.25, -0.2) is 9.67 Å². The van der Waals surface area contributed by atoms with Crippen LogP contribution in [0.25, 0.3) is 5.82 Å². The van der Waals surface area contributed by atoms with Gasteiger partial charge >= 0.3 is 0 Å². The SMILES string of the molecule is NC(=O)C(=O)CC(NC(=O)c1cccnc1-n1cc2c(n1)CCCN2)c1ccccc1. The molecule has 4 N–H and O–H groups in total. The molecule has 0 spiro atoms. The van der Waals surface area contributed by atoms with Gasteiger partial charge in [-0.3, -0.25) is 14.4 Å². The van der Waals surface area contributed by atoms with Crippen LogP contribution in [-0.2, 0) is 16.0 Å². The molecule has 2 aromatic heterocycles. The number of hydrogen-bond donors (Lipinski definition) is 3. The molecule has 1 aliphatic heterocycles. The number of anilines is 1. The minimum atomic E-state index is -1.04. The first kappa shape index (κ1) is 20.3. The van der Waals surface area contributed by atoms with Gasteiger partial charge in [0.05, 0.1) is 29.2 Å². The first-order valence-corrected chi connectivity index (χ1v) is 9.99. The lowest BCUT2D eigenvalue weighted by Crippen LogP contribution is -2.34. The fourth-order valence-electron chi connectivity index (χ4n) is 3.55. The van der Waals surface area contributed by atoms with Gasteiger partial charge in [-0.15, -0.1) is 0 Å². The number of nitrogens with two attached hydrogens (primary N) is 1. The van der Waals surface area contributed by atoms with E-state index < -0.39 is 23.6 Å². The van der Waals surface area contributed by atoms with Crippen molar-refractivity contribution in [2.45, 2.75) is 25.3 Å². The second kappa shape index (κ2) is 8.78. The van der Waals surface area contributed by atoms with Crippen LogP contribution in [0.15, 0.2) is 54.9 Å². The maximum Gasteiger partial charge on any atom is 0.284 e. The molecule has 1 unspecified atom stereocenters. The molecule has 1 atom stereocenters. The Morgan fingerprint density at radius 1 is 1.16 bits per heavy atom. The summed E-state index contributed by atoms with van der Waals surface area (Å²) >= 11 is 0. The van der Waals surface area contributed by atoms with Gasteiger partial charge in [0.15, 0.2) is 5.82 Å². The van der Waals surface area contributed by atoms with Crippen molar-refractivity contribution in [2.24, 2.45) is 5.73 Å². The zero-order chi connectivity index (χ0) is 21.8.